The van der Waals surface area contributed by atoms with Gasteiger partial charge in [0.15, 0.2) is 0 Å². The van der Waals surface area contributed by atoms with E-state index < -0.39 is 5.63 Å². The number of halogens is 1. The minimum atomic E-state index is -0.397. The third-order valence-corrected chi connectivity index (χ3v) is 5.52. The number of hydrogen-bond acceptors (Lipinski definition) is 6. The largest absolute Gasteiger partial charge is 0.423 e. The average molecular weight is 399 g/mol. The molecule has 0 radical (unpaired) electrons. The maximum atomic E-state index is 11.9. The Morgan fingerprint density at radius 1 is 1.04 bits per heavy atom. The van der Waals surface area contributed by atoms with Crippen molar-refractivity contribution in [2.24, 2.45) is 0 Å². The van der Waals surface area contributed by atoms with Gasteiger partial charge in [-0.1, -0.05) is 41.6 Å². The lowest BCUT2D eigenvalue weighted by Gasteiger charge is -2.06. The third kappa shape index (κ3) is 3.63. The molecule has 0 N–H and O–H groups in total. The second kappa shape index (κ2) is 7.21. The molecule has 2 heterocycles. The summed E-state index contributed by atoms with van der Waals surface area (Å²) in [6.07, 6.45) is 0. The van der Waals surface area contributed by atoms with Crippen LogP contribution in [0.25, 0.3) is 22.4 Å². The molecule has 0 aliphatic rings. The lowest BCUT2D eigenvalue weighted by atomic mass is 10.1. The van der Waals surface area contributed by atoms with Crippen LogP contribution < -0.4 is 5.63 Å². The van der Waals surface area contributed by atoms with Crippen LogP contribution >= 0.6 is 23.4 Å². The molecular formula is C20H15ClN2O3S. The highest BCUT2D eigenvalue weighted by Gasteiger charge is 2.13. The summed E-state index contributed by atoms with van der Waals surface area (Å²) in [6.45, 7) is 3.86. The van der Waals surface area contributed by atoms with Gasteiger partial charge in [0, 0.05) is 27.8 Å². The summed E-state index contributed by atoms with van der Waals surface area (Å²) in [5.74, 6) is 0.961. The molecule has 0 spiro atoms. The first-order chi connectivity index (χ1) is 13.0. The van der Waals surface area contributed by atoms with Crippen LogP contribution in [0.1, 0.15) is 16.7 Å². The molecule has 0 fully saturated rings. The van der Waals surface area contributed by atoms with Crippen molar-refractivity contribution in [3.8, 4) is 11.5 Å². The summed E-state index contributed by atoms with van der Waals surface area (Å²) in [6, 6.07) is 12.9. The van der Waals surface area contributed by atoms with Crippen LogP contribution in [0.3, 0.4) is 0 Å². The van der Waals surface area contributed by atoms with E-state index in [0.29, 0.717) is 27.5 Å². The molecule has 0 bridgehead atoms. The van der Waals surface area contributed by atoms with Gasteiger partial charge >= 0.3 is 5.63 Å². The van der Waals surface area contributed by atoms with E-state index in [2.05, 4.69) is 10.2 Å². The zero-order valence-electron chi connectivity index (χ0n) is 14.7. The highest BCUT2D eigenvalue weighted by molar-refractivity contribution is 7.98. The van der Waals surface area contributed by atoms with Crippen LogP contribution in [-0.4, -0.2) is 10.2 Å². The van der Waals surface area contributed by atoms with Crippen molar-refractivity contribution in [1.29, 1.82) is 0 Å². The van der Waals surface area contributed by atoms with Crippen LogP contribution in [0.15, 0.2) is 61.3 Å². The molecule has 0 saturated carbocycles. The normalized spacial score (nSPS) is 11.2. The molecule has 7 heteroatoms. The average Bonchev–Trinajstić information content (AvgIpc) is 3.10. The lowest BCUT2D eigenvalue weighted by molar-refractivity contribution is 0.465. The molecule has 2 aromatic carbocycles. The van der Waals surface area contributed by atoms with E-state index in [1.807, 2.05) is 44.2 Å². The first-order valence-corrected chi connectivity index (χ1v) is 9.63. The van der Waals surface area contributed by atoms with Crippen molar-refractivity contribution in [3.05, 3.63) is 74.6 Å². The summed E-state index contributed by atoms with van der Waals surface area (Å²) in [7, 11) is 0. The molecule has 27 heavy (non-hydrogen) atoms. The molecule has 0 saturated heterocycles. The van der Waals surface area contributed by atoms with Gasteiger partial charge in [-0.25, -0.2) is 4.79 Å². The number of hydrogen-bond donors (Lipinski definition) is 0. The molecule has 0 amide bonds. The molecule has 4 rings (SSSR count). The van der Waals surface area contributed by atoms with E-state index in [9.17, 15) is 4.79 Å². The number of fused-ring (bicyclic) bond motifs is 1. The first kappa shape index (κ1) is 17.8. The predicted octanol–water partition coefficient (Wildman–Crippen LogP) is 5.41. The van der Waals surface area contributed by atoms with Crippen LogP contribution in [0.4, 0.5) is 0 Å². The fraction of sp³-hybridized carbons (Fsp3) is 0.150. The Hall–Kier alpha value is -2.57. The fourth-order valence-corrected chi connectivity index (χ4v) is 3.71. The highest BCUT2D eigenvalue weighted by atomic mass is 35.5. The van der Waals surface area contributed by atoms with Gasteiger partial charge in [0.05, 0.1) is 0 Å². The maximum absolute atomic E-state index is 11.9. The Balaban J connectivity index is 1.62. The van der Waals surface area contributed by atoms with Gasteiger partial charge in [0.25, 0.3) is 5.22 Å². The van der Waals surface area contributed by atoms with Gasteiger partial charge in [-0.15, -0.1) is 10.2 Å². The van der Waals surface area contributed by atoms with Crippen molar-refractivity contribution >= 4 is 34.3 Å². The summed E-state index contributed by atoms with van der Waals surface area (Å²) >= 11 is 7.60. The lowest BCUT2D eigenvalue weighted by Crippen LogP contribution is -2.00. The van der Waals surface area contributed by atoms with E-state index in [1.165, 1.54) is 17.8 Å². The van der Waals surface area contributed by atoms with E-state index in [0.717, 1.165) is 27.6 Å². The van der Waals surface area contributed by atoms with Crippen molar-refractivity contribution in [3.63, 3.8) is 0 Å². The minimum absolute atomic E-state index is 0.397. The summed E-state index contributed by atoms with van der Waals surface area (Å²) in [4.78, 5) is 11.9. The van der Waals surface area contributed by atoms with Crippen molar-refractivity contribution in [2.75, 3.05) is 0 Å². The molecule has 0 unspecified atom stereocenters. The van der Waals surface area contributed by atoms with Gasteiger partial charge in [0.1, 0.15) is 5.58 Å². The van der Waals surface area contributed by atoms with Crippen LogP contribution in [0.5, 0.6) is 0 Å². The molecular weight excluding hydrogens is 384 g/mol. The second-order valence-corrected chi connectivity index (χ2v) is 7.50. The second-order valence-electron chi connectivity index (χ2n) is 6.16. The first-order valence-electron chi connectivity index (χ1n) is 8.26. The Kier molecular flexibility index (Phi) is 4.76. The molecule has 5 nitrogen and oxygen atoms in total. The number of aryl methyl sites for hydroxylation is 2. The van der Waals surface area contributed by atoms with Gasteiger partial charge in [0.2, 0.25) is 5.89 Å². The SMILES string of the molecule is Cc1cc2oc(=O)cc(CSc3nnc(-c4ccccc4C)o3)c2cc1Cl. The number of benzene rings is 2. The quantitative estimate of drug-likeness (QED) is 0.338. The zero-order chi connectivity index (χ0) is 19.0. The van der Waals surface area contributed by atoms with E-state index >= 15 is 0 Å². The summed E-state index contributed by atoms with van der Waals surface area (Å²) < 4.78 is 11.1. The molecule has 4 aromatic rings. The van der Waals surface area contributed by atoms with E-state index in [1.54, 1.807) is 6.07 Å². The Bertz CT molecular complexity index is 1200. The Morgan fingerprint density at radius 2 is 1.85 bits per heavy atom. The van der Waals surface area contributed by atoms with Crippen molar-refractivity contribution < 1.29 is 8.83 Å². The van der Waals surface area contributed by atoms with Gasteiger partial charge < -0.3 is 8.83 Å². The minimum Gasteiger partial charge on any atom is -0.423 e. The maximum Gasteiger partial charge on any atom is 0.336 e. The monoisotopic (exact) mass is 398 g/mol. The summed E-state index contributed by atoms with van der Waals surface area (Å²) in [5, 5.41) is 10.1. The smallest absolute Gasteiger partial charge is 0.336 e. The standard InChI is InChI=1S/C20H15ClN2O3S/c1-11-5-3-4-6-14(11)19-22-23-20(26-19)27-10-13-8-18(24)25-17-7-12(2)16(21)9-15(13)17/h3-9H,10H2,1-2H3. The summed E-state index contributed by atoms with van der Waals surface area (Å²) in [5.41, 5.74) is 3.76. The van der Waals surface area contributed by atoms with Crippen molar-refractivity contribution in [1.82, 2.24) is 10.2 Å². The topological polar surface area (TPSA) is 69.1 Å². The fourth-order valence-electron chi connectivity index (χ4n) is 2.80. The highest BCUT2D eigenvalue weighted by Crippen LogP contribution is 2.31. The number of nitrogens with zero attached hydrogens (tertiary/aromatic N) is 2. The zero-order valence-corrected chi connectivity index (χ0v) is 16.2. The predicted molar refractivity (Wildman–Crippen MR) is 106 cm³/mol. The van der Waals surface area contributed by atoms with Gasteiger partial charge in [-0.05, 0) is 48.7 Å². The number of rotatable bonds is 4. The molecule has 0 aliphatic heterocycles. The van der Waals surface area contributed by atoms with Crippen LogP contribution in [-0.2, 0) is 5.75 Å². The van der Waals surface area contributed by atoms with Crippen LogP contribution in [0.2, 0.25) is 5.02 Å². The van der Waals surface area contributed by atoms with Crippen LogP contribution in [0, 0.1) is 13.8 Å². The molecule has 0 atom stereocenters. The van der Waals surface area contributed by atoms with E-state index in [4.69, 9.17) is 20.4 Å². The van der Waals surface area contributed by atoms with E-state index in [-0.39, 0.29) is 0 Å². The molecule has 136 valence electrons. The van der Waals surface area contributed by atoms with Gasteiger partial charge in [-0.2, -0.15) is 0 Å². The van der Waals surface area contributed by atoms with Gasteiger partial charge in [-0.3, -0.25) is 0 Å². The molecule has 2 aromatic heterocycles. The van der Waals surface area contributed by atoms with Crippen molar-refractivity contribution in [2.45, 2.75) is 24.8 Å². The molecule has 0 aliphatic carbocycles. The Labute approximate surface area is 164 Å². The Morgan fingerprint density at radius 3 is 2.67 bits per heavy atom. The number of thioether (sulfide) groups is 1. The third-order valence-electron chi connectivity index (χ3n) is 4.24. The number of aromatic nitrogens is 2.